The van der Waals surface area contributed by atoms with Crippen LogP contribution in [0.1, 0.15) is 16.7 Å². The van der Waals surface area contributed by atoms with Crippen molar-refractivity contribution in [3.05, 3.63) is 57.6 Å². The van der Waals surface area contributed by atoms with Crippen LogP contribution in [0.3, 0.4) is 0 Å². The summed E-state index contributed by atoms with van der Waals surface area (Å²) < 4.78 is 7.10. The third kappa shape index (κ3) is 3.37. The van der Waals surface area contributed by atoms with Crippen molar-refractivity contribution in [1.82, 2.24) is 0 Å². The van der Waals surface area contributed by atoms with Crippen LogP contribution in [0.5, 0.6) is 11.5 Å². The smallest absolute Gasteiger partial charge is 0.130 e. The normalized spacial score (nSPS) is 10.5. The second-order valence-electron chi connectivity index (χ2n) is 4.59. The van der Waals surface area contributed by atoms with Gasteiger partial charge in [-0.25, -0.2) is 0 Å². The van der Waals surface area contributed by atoms with E-state index in [0.29, 0.717) is 6.54 Å². The van der Waals surface area contributed by atoms with Gasteiger partial charge in [0.2, 0.25) is 0 Å². The first kappa shape index (κ1) is 14.1. The lowest BCUT2D eigenvalue weighted by Gasteiger charge is -2.14. The number of ether oxygens (including phenoxy) is 1. The monoisotopic (exact) mass is 319 g/mol. The number of hydrogen-bond acceptors (Lipinski definition) is 2. The van der Waals surface area contributed by atoms with Gasteiger partial charge in [0.1, 0.15) is 11.5 Å². The van der Waals surface area contributed by atoms with Gasteiger partial charge in [-0.3, -0.25) is 0 Å². The molecule has 0 aliphatic heterocycles. The molecule has 0 aromatic heterocycles. The Balaban J connectivity index is 2.35. The Kier molecular flexibility index (Phi) is 4.61. The zero-order chi connectivity index (χ0) is 13.8. The first-order chi connectivity index (χ1) is 9.11. The van der Waals surface area contributed by atoms with E-state index in [0.717, 1.165) is 28.0 Å². The van der Waals surface area contributed by atoms with Crippen LogP contribution in [0.2, 0.25) is 0 Å². The molecule has 0 spiro atoms. The fourth-order valence-electron chi connectivity index (χ4n) is 1.95. The molecule has 100 valence electrons. The summed E-state index contributed by atoms with van der Waals surface area (Å²) in [5.41, 5.74) is 9.18. The van der Waals surface area contributed by atoms with Crippen molar-refractivity contribution < 1.29 is 4.74 Å². The van der Waals surface area contributed by atoms with Crippen LogP contribution >= 0.6 is 15.9 Å². The van der Waals surface area contributed by atoms with Crippen molar-refractivity contribution in [3.8, 4) is 11.5 Å². The highest BCUT2D eigenvalue weighted by Crippen LogP contribution is 2.31. The van der Waals surface area contributed by atoms with Gasteiger partial charge in [0.25, 0.3) is 0 Å². The van der Waals surface area contributed by atoms with Gasteiger partial charge in [0.05, 0.1) is 0 Å². The van der Waals surface area contributed by atoms with Gasteiger partial charge in [-0.2, -0.15) is 0 Å². The summed E-state index contributed by atoms with van der Waals surface area (Å²) >= 11 is 3.48. The summed E-state index contributed by atoms with van der Waals surface area (Å²) in [5.74, 6) is 1.78. The molecule has 0 aliphatic carbocycles. The van der Waals surface area contributed by atoms with Gasteiger partial charge in [0, 0.05) is 4.47 Å². The van der Waals surface area contributed by atoms with E-state index in [1.54, 1.807) is 0 Å². The van der Waals surface area contributed by atoms with Crippen LogP contribution in [0.15, 0.2) is 40.9 Å². The van der Waals surface area contributed by atoms with Crippen LogP contribution in [0.25, 0.3) is 0 Å². The zero-order valence-corrected chi connectivity index (χ0v) is 12.8. The minimum atomic E-state index is 0.611. The van der Waals surface area contributed by atoms with Crippen LogP contribution in [0.4, 0.5) is 0 Å². The first-order valence-electron chi connectivity index (χ1n) is 6.34. The lowest BCUT2D eigenvalue weighted by atomic mass is 10.1. The molecular weight excluding hydrogens is 302 g/mol. The summed E-state index contributed by atoms with van der Waals surface area (Å²) in [5, 5.41) is 0. The number of halogens is 1. The molecule has 0 radical (unpaired) electrons. The van der Waals surface area contributed by atoms with Crippen molar-refractivity contribution in [2.24, 2.45) is 5.73 Å². The summed E-state index contributed by atoms with van der Waals surface area (Å²) in [6.07, 6.45) is 0.805. The fourth-order valence-corrected chi connectivity index (χ4v) is 2.36. The van der Waals surface area contributed by atoms with Gasteiger partial charge >= 0.3 is 0 Å². The summed E-state index contributed by atoms with van der Waals surface area (Å²) in [6, 6.07) is 12.1. The maximum atomic E-state index is 6.05. The maximum Gasteiger partial charge on any atom is 0.130 e. The molecule has 0 amide bonds. The summed E-state index contributed by atoms with van der Waals surface area (Å²) in [6.45, 7) is 4.77. The highest BCUT2D eigenvalue weighted by molar-refractivity contribution is 9.10. The van der Waals surface area contributed by atoms with Crippen molar-refractivity contribution in [2.45, 2.75) is 20.3 Å². The van der Waals surface area contributed by atoms with Crippen molar-refractivity contribution in [1.29, 1.82) is 0 Å². The molecule has 0 aliphatic rings. The molecule has 3 heteroatoms. The third-order valence-corrected chi connectivity index (χ3v) is 3.70. The predicted octanol–water partition coefficient (Wildman–Crippen LogP) is 4.36. The zero-order valence-electron chi connectivity index (χ0n) is 11.2. The van der Waals surface area contributed by atoms with Gasteiger partial charge < -0.3 is 10.5 Å². The van der Waals surface area contributed by atoms with E-state index >= 15 is 0 Å². The third-order valence-electron chi connectivity index (χ3n) is 3.21. The quantitative estimate of drug-likeness (QED) is 0.908. The molecule has 0 bridgehead atoms. The molecule has 2 nitrogen and oxygen atoms in total. The Morgan fingerprint density at radius 3 is 2.63 bits per heavy atom. The molecular formula is C16H18BrNO. The minimum Gasteiger partial charge on any atom is -0.457 e. The van der Waals surface area contributed by atoms with Crippen LogP contribution < -0.4 is 10.5 Å². The molecule has 2 rings (SSSR count). The molecule has 0 saturated heterocycles. The number of rotatable bonds is 4. The number of hydrogen-bond donors (Lipinski definition) is 1. The topological polar surface area (TPSA) is 35.2 Å². The Labute approximate surface area is 122 Å². The van der Waals surface area contributed by atoms with Crippen molar-refractivity contribution >= 4 is 15.9 Å². The number of nitrogens with two attached hydrogens (primary N) is 1. The number of benzene rings is 2. The van der Waals surface area contributed by atoms with Crippen LogP contribution in [0, 0.1) is 13.8 Å². The van der Waals surface area contributed by atoms with Crippen LogP contribution in [-0.2, 0) is 6.42 Å². The second kappa shape index (κ2) is 6.22. The van der Waals surface area contributed by atoms with Gasteiger partial charge in [-0.05, 0) is 67.8 Å². The largest absolute Gasteiger partial charge is 0.457 e. The highest BCUT2D eigenvalue weighted by atomic mass is 79.9. The molecule has 2 aromatic rings. The molecule has 0 atom stereocenters. The van der Waals surface area contributed by atoms with E-state index < -0.39 is 0 Å². The fraction of sp³-hybridized carbons (Fsp3) is 0.250. The van der Waals surface area contributed by atoms with Gasteiger partial charge in [-0.1, -0.05) is 28.1 Å². The molecule has 0 heterocycles. The van der Waals surface area contributed by atoms with E-state index in [-0.39, 0.29) is 0 Å². The van der Waals surface area contributed by atoms with E-state index in [9.17, 15) is 0 Å². The van der Waals surface area contributed by atoms with Gasteiger partial charge in [-0.15, -0.1) is 0 Å². The van der Waals surface area contributed by atoms with Gasteiger partial charge in [0.15, 0.2) is 0 Å². The van der Waals surface area contributed by atoms with E-state index in [4.69, 9.17) is 10.5 Å². The predicted molar refractivity (Wildman–Crippen MR) is 82.9 cm³/mol. The molecule has 19 heavy (non-hydrogen) atoms. The number of aryl methyl sites for hydroxylation is 1. The Bertz CT molecular complexity index is 581. The van der Waals surface area contributed by atoms with Crippen molar-refractivity contribution in [3.63, 3.8) is 0 Å². The standard InChI is InChI=1S/C16H18BrNO/c1-11-4-3-5-15(12(11)2)19-16-7-6-14(17)10-13(16)8-9-18/h3-7,10H,8-9,18H2,1-2H3. The van der Waals surface area contributed by atoms with E-state index in [1.807, 2.05) is 24.3 Å². The lowest BCUT2D eigenvalue weighted by molar-refractivity contribution is 0.472. The second-order valence-corrected chi connectivity index (χ2v) is 5.51. The molecule has 0 saturated carbocycles. The highest BCUT2D eigenvalue weighted by Gasteiger charge is 2.08. The summed E-state index contributed by atoms with van der Waals surface area (Å²) in [4.78, 5) is 0. The maximum absolute atomic E-state index is 6.05. The average molecular weight is 320 g/mol. The average Bonchev–Trinajstić information content (AvgIpc) is 2.38. The Hall–Kier alpha value is -1.32. The molecule has 2 aromatic carbocycles. The molecule has 0 fully saturated rings. The van der Waals surface area contributed by atoms with E-state index in [1.165, 1.54) is 11.1 Å². The SMILES string of the molecule is Cc1cccc(Oc2ccc(Br)cc2CCN)c1C. The Morgan fingerprint density at radius 2 is 1.89 bits per heavy atom. The van der Waals surface area contributed by atoms with Crippen LogP contribution in [-0.4, -0.2) is 6.54 Å². The first-order valence-corrected chi connectivity index (χ1v) is 7.13. The van der Waals surface area contributed by atoms with E-state index in [2.05, 4.69) is 41.9 Å². The van der Waals surface area contributed by atoms with Crippen molar-refractivity contribution in [2.75, 3.05) is 6.54 Å². The molecule has 2 N–H and O–H groups in total. The Morgan fingerprint density at radius 1 is 1.11 bits per heavy atom. The summed E-state index contributed by atoms with van der Waals surface area (Å²) in [7, 11) is 0. The lowest BCUT2D eigenvalue weighted by Crippen LogP contribution is -2.04. The molecule has 0 unspecified atom stereocenters. The minimum absolute atomic E-state index is 0.611.